The topological polar surface area (TPSA) is 80.0 Å². The van der Waals surface area contributed by atoms with E-state index >= 15 is 0 Å². The van der Waals surface area contributed by atoms with Gasteiger partial charge in [-0.1, -0.05) is 13.3 Å². The second-order valence-corrected chi connectivity index (χ2v) is 5.99. The third kappa shape index (κ3) is 4.16. The van der Waals surface area contributed by atoms with Crippen LogP contribution in [-0.4, -0.2) is 34.1 Å². The molecule has 6 heteroatoms. The highest BCUT2D eigenvalue weighted by atomic mass is 15.2. The molecule has 23 heavy (non-hydrogen) atoms. The highest BCUT2D eigenvalue weighted by Gasteiger charge is 2.23. The van der Waals surface area contributed by atoms with Crippen molar-refractivity contribution >= 4 is 11.8 Å². The first-order valence-electron chi connectivity index (χ1n) is 8.25. The summed E-state index contributed by atoms with van der Waals surface area (Å²) in [6.45, 7) is 4.96. The maximum Gasteiger partial charge on any atom is 0.222 e. The molecule has 3 rings (SSSR count). The van der Waals surface area contributed by atoms with Crippen molar-refractivity contribution in [1.82, 2.24) is 20.3 Å². The van der Waals surface area contributed by atoms with Gasteiger partial charge >= 0.3 is 0 Å². The Labute approximate surface area is 137 Å². The normalized spacial score (nSPS) is 17.6. The molecule has 1 fully saturated rings. The summed E-state index contributed by atoms with van der Waals surface area (Å²) in [5, 5.41) is 3.61. The third-order valence-corrected chi connectivity index (χ3v) is 4.15. The standard InChI is InChI=1S/C17H24N6/c1-2-3-14-10-16(22-17(18)21-14)23-9-6-15(12-23)20-11-13-4-7-19-8-5-13/h4-5,7-8,10,15,20H,2-3,6,9,11-12H2,1H3,(H2,18,21,22). The van der Waals surface area contributed by atoms with Crippen molar-refractivity contribution in [2.45, 2.75) is 38.8 Å². The van der Waals surface area contributed by atoms with Gasteiger partial charge in [-0.25, -0.2) is 4.98 Å². The smallest absolute Gasteiger partial charge is 0.222 e. The number of aromatic nitrogens is 3. The number of nitrogen functional groups attached to an aromatic ring is 1. The van der Waals surface area contributed by atoms with E-state index < -0.39 is 0 Å². The molecule has 0 bridgehead atoms. The van der Waals surface area contributed by atoms with Gasteiger partial charge in [0.05, 0.1) is 0 Å². The Morgan fingerprint density at radius 1 is 1.30 bits per heavy atom. The lowest BCUT2D eigenvalue weighted by molar-refractivity contribution is 0.551. The Kier molecular flexibility index (Phi) is 5.02. The van der Waals surface area contributed by atoms with Crippen molar-refractivity contribution in [3.8, 4) is 0 Å². The van der Waals surface area contributed by atoms with E-state index in [4.69, 9.17) is 5.73 Å². The van der Waals surface area contributed by atoms with Crippen LogP contribution in [0.5, 0.6) is 0 Å². The fourth-order valence-corrected chi connectivity index (χ4v) is 2.95. The summed E-state index contributed by atoms with van der Waals surface area (Å²) in [5.74, 6) is 1.33. The number of anilines is 2. The molecule has 122 valence electrons. The van der Waals surface area contributed by atoms with Gasteiger partial charge in [-0.15, -0.1) is 0 Å². The number of nitrogens with zero attached hydrogens (tertiary/aromatic N) is 4. The number of pyridine rings is 1. The van der Waals surface area contributed by atoms with Gasteiger partial charge in [-0.3, -0.25) is 4.98 Å². The zero-order valence-electron chi connectivity index (χ0n) is 13.6. The molecule has 0 amide bonds. The first-order chi connectivity index (χ1) is 11.2. The molecule has 2 aromatic rings. The van der Waals surface area contributed by atoms with Crippen LogP contribution in [-0.2, 0) is 13.0 Å². The summed E-state index contributed by atoms with van der Waals surface area (Å²) in [6, 6.07) is 6.63. The second kappa shape index (κ2) is 7.37. The van der Waals surface area contributed by atoms with E-state index in [-0.39, 0.29) is 0 Å². The number of rotatable bonds is 6. The molecule has 1 saturated heterocycles. The Morgan fingerprint density at radius 3 is 2.91 bits per heavy atom. The van der Waals surface area contributed by atoms with Gasteiger partial charge in [0.25, 0.3) is 0 Å². The lowest BCUT2D eigenvalue weighted by Crippen LogP contribution is -2.32. The lowest BCUT2D eigenvalue weighted by Gasteiger charge is -2.19. The minimum absolute atomic E-state index is 0.374. The van der Waals surface area contributed by atoms with Crippen molar-refractivity contribution in [3.63, 3.8) is 0 Å². The van der Waals surface area contributed by atoms with Crippen molar-refractivity contribution in [1.29, 1.82) is 0 Å². The van der Waals surface area contributed by atoms with Gasteiger partial charge in [0, 0.05) is 49.8 Å². The predicted molar refractivity (Wildman–Crippen MR) is 92.1 cm³/mol. The second-order valence-electron chi connectivity index (χ2n) is 5.99. The predicted octanol–water partition coefficient (Wildman–Crippen LogP) is 1.77. The van der Waals surface area contributed by atoms with E-state index in [9.17, 15) is 0 Å². The average molecular weight is 312 g/mol. The number of aryl methyl sites for hydroxylation is 1. The monoisotopic (exact) mass is 312 g/mol. The quantitative estimate of drug-likeness (QED) is 0.846. The molecule has 1 aliphatic rings. The summed E-state index contributed by atoms with van der Waals surface area (Å²) < 4.78 is 0. The van der Waals surface area contributed by atoms with E-state index in [1.165, 1.54) is 5.56 Å². The Balaban J connectivity index is 1.59. The van der Waals surface area contributed by atoms with Crippen LogP contribution >= 0.6 is 0 Å². The van der Waals surface area contributed by atoms with Gasteiger partial charge in [0.2, 0.25) is 5.95 Å². The highest BCUT2D eigenvalue weighted by Crippen LogP contribution is 2.20. The molecule has 3 heterocycles. The number of nitrogens with one attached hydrogen (secondary N) is 1. The summed E-state index contributed by atoms with van der Waals surface area (Å²) in [5.41, 5.74) is 8.15. The van der Waals surface area contributed by atoms with E-state index in [2.05, 4.69) is 38.2 Å². The maximum absolute atomic E-state index is 5.86. The first kappa shape index (κ1) is 15.7. The molecule has 2 aromatic heterocycles. The zero-order valence-corrected chi connectivity index (χ0v) is 13.6. The van der Waals surface area contributed by atoms with Crippen molar-refractivity contribution in [2.24, 2.45) is 0 Å². The van der Waals surface area contributed by atoms with Gasteiger partial charge in [-0.05, 0) is 30.5 Å². The Hall–Kier alpha value is -2.21. The fourth-order valence-electron chi connectivity index (χ4n) is 2.95. The average Bonchev–Trinajstić information content (AvgIpc) is 3.03. The molecule has 6 nitrogen and oxygen atoms in total. The van der Waals surface area contributed by atoms with Crippen molar-refractivity contribution in [2.75, 3.05) is 23.7 Å². The Bertz CT molecular complexity index is 630. The number of hydrogen-bond donors (Lipinski definition) is 2. The first-order valence-corrected chi connectivity index (χ1v) is 8.25. The molecule has 0 saturated carbocycles. The molecule has 1 atom stereocenters. The van der Waals surface area contributed by atoms with Crippen LogP contribution in [0.3, 0.4) is 0 Å². The van der Waals surface area contributed by atoms with Crippen LogP contribution in [0.2, 0.25) is 0 Å². The summed E-state index contributed by atoms with van der Waals surface area (Å²) in [6.07, 6.45) is 6.77. The summed E-state index contributed by atoms with van der Waals surface area (Å²) in [4.78, 5) is 15.1. The summed E-state index contributed by atoms with van der Waals surface area (Å²) in [7, 11) is 0. The van der Waals surface area contributed by atoms with E-state index in [0.717, 1.165) is 50.4 Å². The van der Waals surface area contributed by atoms with Crippen LogP contribution in [0, 0.1) is 0 Å². The van der Waals surface area contributed by atoms with Crippen LogP contribution < -0.4 is 16.0 Å². The minimum atomic E-state index is 0.374. The number of nitrogens with two attached hydrogens (primary N) is 1. The molecule has 3 N–H and O–H groups in total. The van der Waals surface area contributed by atoms with E-state index in [0.29, 0.717) is 12.0 Å². The van der Waals surface area contributed by atoms with Gasteiger partial charge in [0.1, 0.15) is 5.82 Å². The van der Waals surface area contributed by atoms with E-state index in [1.807, 2.05) is 24.5 Å². The van der Waals surface area contributed by atoms with Crippen molar-refractivity contribution < 1.29 is 0 Å². The van der Waals surface area contributed by atoms with E-state index in [1.54, 1.807) is 0 Å². The molecule has 0 spiro atoms. The maximum atomic E-state index is 5.86. The third-order valence-electron chi connectivity index (χ3n) is 4.15. The van der Waals surface area contributed by atoms with Crippen LogP contribution in [0.15, 0.2) is 30.6 Å². The lowest BCUT2D eigenvalue weighted by atomic mass is 10.2. The highest BCUT2D eigenvalue weighted by molar-refractivity contribution is 5.44. The number of hydrogen-bond acceptors (Lipinski definition) is 6. The van der Waals surface area contributed by atoms with Crippen LogP contribution in [0.1, 0.15) is 31.0 Å². The van der Waals surface area contributed by atoms with Crippen molar-refractivity contribution in [3.05, 3.63) is 41.9 Å². The molecular weight excluding hydrogens is 288 g/mol. The zero-order chi connectivity index (χ0) is 16.1. The van der Waals surface area contributed by atoms with Crippen LogP contribution in [0.4, 0.5) is 11.8 Å². The molecule has 0 radical (unpaired) electrons. The van der Waals surface area contributed by atoms with Gasteiger partial charge in [-0.2, -0.15) is 4.98 Å². The molecule has 1 aliphatic heterocycles. The molecule has 1 unspecified atom stereocenters. The minimum Gasteiger partial charge on any atom is -0.368 e. The molecular formula is C17H24N6. The van der Waals surface area contributed by atoms with Crippen LogP contribution in [0.25, 0.3) is 0 Å². The fraction of sp³-hybridized carbons (Fsp3) is 0.471. The largest absolute Gasteiger partial charge is 0.368 e. The molecule has 0 aliphatic carbocycles. The SMILES string of the molecule is CCCc1cc(N2CCC(NCc3ccncc3)C2)nc(N)n1. The Morgan fingerprint density at radius 2 is 2.13 bits per heavy atom. The van der Waals surface area contributed by atoms with Gasteiger partial charge < -0.3 is 16.0 Å². The van der Waals surface area contributed by atoms with Gasteiger partial charge in [0.15, 0.2) is 0 Å². The molecule has 0 aromatic carbocycles. The summed E-state index contributed by atoms with van der Waals surface area (Å²) >= 11 is 0.